The van der Waals surface area contributed by atoms with Crippen LogP contribution in [0.4, 0.5) is 5.82 Å². The highest BCUT2D eigenvalue weighted by Crippen LogP contribution is 2.25. The molecule has 4 aromatic rings. The van der Waals surface area contributed by atoms with Gasteiger partial charge in [0, 0.05) is 30.1 Å². The Morgan fingerprint density at radius 1 is 1.10 bits per heavy atom. The lowest BCUT2D eigenvalue weighted by atomic mass is 9.92. The second-order valence-electron chi connectivity index (χ2n) is 8.57. The lowest BCUT2D eigenvalue weighted by molar-refractivity contribution is 0.102. The van der Waals surface area contributed by atoms with Crippen molar-refractivity contribution in [2.45, 2.75) is 39.7 Å². The van der Waals surface area contributed by atoms with Crippen molar-refractivity contribution in [2.75, 3.05) is 5.32 Å². The predicted octanol–water partition coefficient (Wildman–Crippen LogP) is 4.07. The summed E-state index contributed by atoms with van der Waals surface area (Å²) in [5.74, 6) is 0.444. The zero-order chi connectivity index (χ0) is 21.5. The van der Waals surface area contributed by atoms with Gasteiger partial charge in [0.2, 0.25) is 0 Å². The number of aryl methyl sites for hydroxylation is 2. The Labute approximate surface area is 175 Å². The van der Waals surface area contributed by atoms with Crippen LogP contribution < -0.4 is 5.32 Å². The first kappa shape index (κ1) is 19.8. The average molecular weight is 403 g/mol. The molecule has 1 aromatic carbocycles. The molecule has 0 atom stereocenters. The van der Waals surface area contributed by atoms with Crippen LogP contribution in [0.25, 0.3) is 11.0 Å². The Morgan fingerprint density at radius 3 is 2.53 bits per heavy atom. The van der Waals surface area contributed by atoms with Gasteiger partial charge in [0.15, 0.2) is 5.65 Å². The average Bonchev–Trinajstić information content (AvgIpc) is 3.23. The number of anilines is 1. The minimum Gasteiger partial charge on any atom is -0.307 e. The van der Waals surface area contributed by atoms with E-state index in [0.29, 0.717) is 17.9 Å². The number of pyridine rings is 1. The maximum absolute atomic E-state index is 13.0. The van der Waals surface area contributed by atoms with E-state index in [9.17, 15) is 4.79 Å². The lowest BCUT2D eigenvalue weighted by Gasteiger charge is -2.14. The van der Waals surface area contributed by atoms with E-state index >= 15 is 0 Å². The van der Waals surface area contributed by atoms with Gasteiger partial charge in [-0.2, -0.15) is 10.2 Å². The van der Waals surface area contributed by atoms with Gasteiger partial charge in [0.25, 0.3) is 5.91 Å². The van der Waals surface area contributed by atoms with Crippen LogP contribution in [0.2, 0.25) is 0 Å². The fourth-order valence-electron chi connectivity index (χ4n) is 3.38. The molecule has 3 aromatic heterocycles. The second-order valence-corrected chi connectivity index (χ2v) is 8.57. The van der Waals surface area contributed by atoms with Crippen LogP contribution in [0.3, 0.4) is 0 Å². The topological polar surface area (TPSA) is 77.6 Å². The van der Waals surface area contributed by atoms with Crippen LogP contribution in [0, 0.1) is 6.92 Å². The molecule has 4 rings (SSSR count). The molecule has 0 bridgehead atoms. The summed E-state index contributed by atoms with van der Waals surface area (Å²) in [7, 11) is 1.85. The maximum Gasteiger partial charge on any atom is 0.258 e. The van der Waals surface area contributed by atoms with Gasteiger partial charge < -0.3 is 5.32 Å². The fourth-order valence-corrected chi connectivity index (χ4v) is 3.38. The van der Waals surface area contributed by atoms with Crippen molar-refractivity contribution in [1.82, 2.24) is 24.5 Å². The highest BCUT2D eigenvalue weighted by atomic mass is 16.1. The Bertz CT molecular complexity index is 1210. The molecule has 3 heterocycles. The summed E-state index contributed by atoms with van der Waals surface area (Å²) in [6, 6.07) is 13.9. The summed E-state index contributed by atoms with van der Waals surface area (Å²) < 4.78 is 3.56. The Balaban J connectivity index is 1.66. The van der Waals surface area contributed by atoms with Crippen molar-refractivity contribution in [3.63, 3.8) is 0 Å². The lowest BCUT2D eigenvalue weighted by Crippen LogP contribution is -2.16. The normalized spacial score (nSPS) is 11.8. The van der Waals surface area contributed by atoms with E-state index in [1.165, 1.54) is 0 Å². The van der Waals surface area contributed by atoms with Crippen molar-refractivity contribution >= 4 is 22.8 Å². The Hall–Kier alpha value is -3.48. The summed E-state index contributed by atoms with van der Waals surface area (Å²) >= 11 is 0. The number of aromatic nitrogens is 5. The van der Waals surface area contributed by atoms with Crippen molar-refractivity contribution in [3.05, 3.63) is 71.2 Å². The van der Waals surface area contributed by atoms with Crippen LogP contribution in [0.1, 0.15) is 48.1 Å². The predicted molar refractivity (Wildman–Crippen MR) is 118 cm³/mol. The number of rotatable bonds is 4. The first-order chi connectivity index (χ1) is 14.2. The molecular formula is C23H26N6O. The number of amides is 1. The fraction of sp³-hybridized carbons (Fsp3) is 0.304. The minimum absolute atomic E-state index is 0.130. The van der Waals surface area contributed by atoms with Crippen molar-refractivity contribution < 1.29 is 4.79 Å². The van der Waals surface area contributed by atoms with Gasteiger partial charge in [-0.25, -0.2) is 9.67 Å². The third kappa shape index (κ3) is 3.83. The molecule has 0 spiro atoms. The van der Waals surface area contributed by atoms with Crippen LogP contribution in [0.5, 0.6) is 0 Å². The largest absolute Gasteiger partial charge is 0.307 e. The van der Waals surface area contributed by atoms with Gasteiger partial charge in [0.1, 0.15) is 5.82 Å². The molecule has 0 aliphatic carbocycles. The van der Waals surface area contributed by atoms with Crippen LogP contribution in [-0.4, -0.2) is 30.5 Å². The van der Waals surface area contributed by atoms with Gasteiger partial charge >= 0.3 is 0 Å². The maximum atomic E-state index is 13.0. The summed E-state index contributed by atoms with van der Waals surface area (Å²) in [6.45, 7) is 8.81. The summed E-state index contributed by atoms with van der Waals surface area (Å²) in [6.07, 6.45) is 1.58. The molecular weight excluding hydrogens is 376 g/mol. The summed E-state index contributed by atoms with van der Waals surface area (Å²) in [5, 5.41) is 13.0. The van der Waals surface area contributed by atoms with Crippen molar-refractivity contribution in [3.8, 4) is 0 Å². The van der Waals surface area contributed by atoms with Crippen LogP contribution in [-0.2, 0) is 19.0 Å². The molecule has 0 fully saturated rings. The molecule has 1 amide bonds. The molecule has 0 aliphatic heterocycles. The van der Waals surface area contributed by atoms with Crippen LogP contribution in [0.15, 0.2) is 48.7 Å². The van der Waals surface area contributed by atoms with E-state index in [2.05, 4.69) is 36.2 Å². The molecule has 0 aliphatic rings. The summed E-state index contributed by atoms with van der Waals surface area (Å²) in [4.78, 5) is 17.4. The number of hydrogen-bond acceptors (Lipinski definition) is 4. The van der Waals surface area contributed by atoms with E-state index in [4.69, 9.17) is 5.10 Å². The number of nitrogens with one attached hydrogen (secondary N) is 1. The van der Waals surface area contributed by atoms with Gasteiger partial charge in [-0.1, -0.05) is 51.1 Å². The van der Waals surface area contributed by atoms with Crippen molar-refractivity contribution in [1.29, 1.82) is 0 Å². The first-order valence-electron chi connectivity index (χ1n) is 9.95. The molecule has 0 radical (unpaired) electrons. The molecule has 30 heavy (non-hydrogen) atoms. The molecule has 7 heteroatoms. The van der Waals surface area contributed by atoms with Crippen LogP contribution >= 0.6 is 0 Å². The standard InChI is InChI=1S/C23H26N6O/c1-15-18-11-17(13-24-21(18)28(5)26-15)22(30)25-20-12-19(23(2,3)4)27-29(20)14-16-9-7-6-8-10-16/h6-13H,14H2,1-5H3,(H,25,30). The Kier molecular flexibility index (Phi) is 4.89. The Morgan fingerprint density at radius 2 is 1.83 bits per heavy atom. The van der Waals surface area contributed by atoms with E-state index in [1.807, 2.05) is 61.1 Å². The van der Waals surface area contributed by atoms with E-state index < -0.39 is 0 Å². The molecule has 0 saturated heterocycles. The number of nitrogens with zero attached hydrogens (tertiary/aromatic N) is 5. The van der Waals surface area contributed by atoms with Gasteiger partial charge in [-0.3, -0.25) is 9.48 Å². The SMILES string of the molecule is Cc1nn(C)c2ncc(C(=O)Nc3cc(C(C)(C)C)nn3Cc3ccccc3)cc12. The third-order valence-corrected chi connectivity index (χ3v) is 5.09. The number of fused-ring (bicyclic) bond motifs is 1. The highest BCUT2D eigenvalue weighted by Gasteiger charge is 2.21. The molecule has 1 N–H and O–H groups in total. The highest BCUT2D eigenvalue weighted by molar-refractivity contribution is 6.05. The van der Waals surface area contributed by atoms with E-state index in [1.54, 1.807) is 10.9 Å². The monoisotopic (exact) mass is 402 g/mol. The molecule has 0 saturated carbocycles. The number of carbonyl (C=O) groups is 1. The first-order valence-corrected chi connectivity index (χ1v) is 9.95. The number of benzene rings is 1. The third-order valence-electron chi connectivity index (χ3n) is 5.09. The zero-order valence-electron chi connectivity index (χ0n) is 18.0. The number of carbonyl (C=O) groups excluding carboxylic acids is 1. The summed E-state index contributed by atoms with van der Waals surface area (Å²) in [5.41, 5.74) is 4.00. The minimum atomic E-state index is -0.220. The molecule has 7 nitrogen and oxygen atoms in total. The zero-order valence-corrected chi connectivity index (χ0v) is 18.0. The smallest absolute Gasteiger partial charge is 0.258 e. The van der Waals surface area contributed by atoms with Gasteiger partial charge in [-0.05, 0) is 18.6 Å². The van der Waals surface area contributed by atoms with Gasteiger partial charge in [-0.15, -0.1) is 0 Å². The second kappa shape index (κ2) is 7.40. The molecule has 154 valence electrons. The van der Waals surface area contributed by atoms with Crippen molar-refractivity contribution in [2.24, 2.45) is 7.05 Å². The van der Waals surface area contributed by atoms with E-state index in [-0.39, 0.29) is 11.3 Å². The molecule has 0 unspecified atom stereocenters. The van der Waals surface area contributed by atoms with Gasteiger partial charge in [0.05, 0.1) is 23.5 Å². The van der Waals surface area contributed by atoms with E-state index in [0.717, 1.165) is 28.0 Å². The number of hydrogen-bond donors (Lipinski definition) is 1. The quantitative estimate of drug-likeness (QED) is 0.558.